The standard InChI is InChI=1S/C17H25N5O2/c1-17(2,3)24-16(23)22-13-6-4-5-12(8-13)21-15-14(19)7-11(9-18)10-20-15/h7,10,12-13H,4-6,8,19H2,1-3H3,(H,20,21)(H,22,23)/t12-,13+/m0/s1. The highest BCUT2D eigenvalue weighted by Crippen LogP contribution is 2.24. The van der Waals surface area contributed by atoms with Gasteiger partial charge in [0.1, 0.15) is 17.5 Å². The zero-order valence-corrected chi connectivity index (χ0v) is 14.4. The second kappa shape index (κ2) is 7.39. The van der Waals surface area contributed by atoms with Crippen LogP contribution >= 0.6 is 0 Å². The van der Waals surface area contributed by atoms with Crippen LogP contribution in [0.25, 0.3) is 0 Å². The average Bonchev–Trinajstić information content (AvgIpc) is 2.47. The average molecular weight is 331 g/mol. The Balaban J connectivity index is 1.91. The van der Waals surface area contributed by atoms with Crippen molar-refractivity contribution in [3.05, 3.63) is 17.8 Å². The van der Waals surface area contributed by atoms with Crippen molar-refractivity contribution in [3.63, 3.8) is 0 Å². The number of carbonyl (C=O) groups is 1. The number of rotatable bonds is 3. The fraction of sp³-hybridized carbons (Fsp3) is 0.588. The van der Waals surface area contributed by atoms with Crippen LogP contribution in [-0.2, 0) is 4.74 Å². The van der Waals surface area contributed by atoms with E-state index < -0.39 is 5.60 Å². The Kier molecular flexibility index (Phi) is 5.50. The van der Waals surface area contributed by atoms with Crippen molar-refractivity contribution in [2.45, 2.75) is 64.1 Å². The number of nitrogen functional groups attached to an aromatic ring is 1. The van der Waals surface area contributed by atoms with E-state index in [2.05, 4.69) is 15.6 Å². The molecule has 1 saturated carbocycles. The Morgan fingerprint density at radius 2 is 2.12 bits per heavy atom. The number of nitrogens with zero attached hydrogens (tertiary/aromatic N) is 2. The second-order valence-electron chi connectivity index (χ2n) is 7.12. The van der Waals surface area contributed by atoms with Crippen LogP contribution in [0.1, 0.15) is 52.0 Å². The smallest absolute Gasteiger partial charge is 0.407 e. The highest BCUT2D eigenvalue weighted by Gasteiger charge is 2.26. The number of hydrogen-bond acceptors (Lipinski definition) is 6. The molecule has 4 N–H and O–H groups in total. The van der Waals surface area contributed by atoms with Crippen molar-refractivity contribution in [2.75, 3.05) is 11.1 Å². The predicted octanol–water partition coefficient (Wildman–Crippen LogP) is 2.78. The van der Waals surface area contributed by atoms with E-state index in [4.69, 9.17) is 15.7 Å². The van der Waals surface area contributed by atoms with Gasteiger partial charge in [-0.15, -0.1) is 0 Å². The summed E-state index contributed by atoms with van der Waals surface area (Å²) in [6.07, 6.45) is 4.79. The van der Waals surface area contributed by atoms with E-state index in [0.29, 0.717) is 17.1 Å². The number of ether oxygens (including phenoxy) is 1. The first-order valence-corrected chi connectivity index (χ1v) is 8.18. The number of carbonyl (C=O) groups excluding carboxylic acids is 1. The van der Waals surface area contributed by atoms with Gasteiger partial charge >= 0.3 is 6.09 Å². The van der Waals surface area contributed by atoms with Gasteiger partial charge in [-0.1, -0.05) is 0 Å². The molecular formula is C17H25N5O2. The number of aromatic nitrogens is 1. The first kappa shape index (κ1) is 17.9. The number of anilines is 2. The molecule has 1 heterocycles. The molecule has 0 aromatic carbocycles. The van der Waals surface area contributed by atoms with Gasteiger partial charge in [-0.05, 0) is 52.5 Å². The van der Waals surface area contributed by atoms with Crippen LogP contribution in [0.2, 0.25) is 0 Å². The van der Waals surface area contributed by atoms with Crippen molar-refractivity contribution in [2.24, 2.45) is 0 Å². The van der Waals surface area contributed by atoms with Gasteiger partial charge in [0.15, 0.2) is 0 Å². The van der Waals surface area contributed by atoms with Crippen LogP contribution in [0.15, 0.2) is 12.3 Å². The van der Waals surface area contributed by atoms with E-state index in [1.807, 2.05) is 26.8 Å². The van der Waals surface area contributed by atoms with Crippen molar-refractivity contribution >= 4 is 17.6 Å². The second-order valence-corrected chi connectivity index (χ2v) is 7.12. The number of pyridine rings is 1. The lowest BCUT2D eigenvalue weighted by Crippen LogP contribution is -2.44. The predicted molar refractivity (Wildman–Crippen MR) is 92.4 cm³/mol. The van der Waals surface area contributed by atoms with Crippen molar-refractivity contribution in [3.8, 4) is 6.07 Å². The molecule has 1 aromatic rings. The molecule has 0 radical (unpaired) electrons. The lowest BCUT2D eigenvalue weighted by molar-refractivity contribution is 0.0492. The first-order valence-electron chi connectivity index (χ1n) is 8.18. The van der Waals surface area contributed by atoms with Crippen LogP contribution in [-0.4, -0.2) is 28.8 Å². The molecule has 1 aliphatic carbocycles. The molecule has 1 fully saturated rings. The molecule has 130 valence electrons. The molecule has 0 bridgehead atoms. The maximum absolute atomic E-state index is 11.9. The van der Waals surface area contributed by atoms with E-state index in [0.717, 1.165) is 25.7 Å². The molecule has 1 aromatic heterocycles. The fourth-order valence-corrected chi connectivity index (χ4v) is 2.78. The van der Waals surface area contributed by atoms with Gasteiger partial charge in [0.05, 0.1) is 11.3 Å². The van der Waals surface area contributed by atoms with Crippen molar-refractivity contribution < 1.29 is 9.53 Å². The van der Waals surface area contributed by atoms with Gasteiger partial charge < -0.3 is 21.1 Å². The Morgan fingerprint density at radius 1 is 1.42 bits per heavy atom. The van der Waals surface area contributed by atoms with Crippen LogP contribution in [0.3, 0.4) is 0 Å². The normalized spacial score (nSPS) is 20.8. The third kappa shape index (κ3) is 5.30. The van der Waals surface area contributed by atoms with E-state index in [9.17, 15) is 4.79 Å². The van der Waals surface area contributed by atoms with Crippen molar-refractivity contribution in [1.82, 2.24) is 10.3 Å². The number of amides is 1. The Hall–Kier alpha value is -2.49. The number of nitriles is 1. The molecular weight excluding hydrogens is 306 g/mol. The molecule has 1 amide bonds. The van der Waals surface area contributed by atoms with Gasteiger partial charge in [0, 0.05) is 18.3 Å². The monoisotopic (exact) mass is 331 g/mol. The minimum Gasteiger partial charge on any atom is -0.444 e. The van der Waals surface area contributed by atoms with Crippen LogP contribution in [0, 0.1) is 11.3 Å². The molecule has 1 aliphatic rings. The summed E-state index contributed by atoms with van der Waals surface area (Å²) in [6, 6.07) is 3.85. The maximum Gasteiger partial charge on any atom is 0.407 e. The number of hydrogen-bond donors (Lipinski definition) is 3. The van der Waals surface area contributed by atoms with Gasteiger partial charge in [-0.2, -0.15) is 5.26 Å². The molecule has 2 rings (SSSR count). The lowest BCUT2D eigenvalue weighted by Gasteiger charge is -2.31. The van der Waals surface area contributed by atoms with E-state index in [1.165, 1.54) is 6.20 Å². The summed E-state index contributed by atoms with van der Waals surface area (Å²) in [7, 11) is 0. The summed E-state index contributed by atoms with van der Waals surface area (Å²) in [5.41, 5.74) is 6.32. The minimum atomic E-state index is -0.503. The Morgan fingerprint density at radius 3 is 2.75 bits per heavy atom. The SMILES string of the molecule is CC(C)(C)OC(=O)N[C@@H]1CCC[C@H](Nc2ncc(C#N)cc2N)C1. The summed E-state index contributed by atoms with van der Waals surface area (Å²) >= 11 is 0. The highest BCUT2D eigenvalue weighted by atomic mass is 16.6. The Labute approximate surface area is 142 Å². The van der Waals surface area contributed by atoms with Gasteiger partial charge in [0.25, 0.3) is 0 Å². The zero-order chi connectivity index (χ0) is 17.7. The fourth-order valence-electron chi connectivity index (χ4n) is 2.78. The summed E-state index contributed by atoms with van der Waals surface area (Å²) < 4.78 is 5.31. The highest BCUT2D eigenvalue weighted by molar-refractivity contribution is 5.68. The largest absolute Gasteiger partial charge is 0.444 e. The molecule has 24 heavy (non-hydrogen) atoms. The molecule has 0 spiro atoms. The van der Waals surface area contributed by atoms with Crippen LogP contribution in [0.4, 0.5) is 16.3 Å². The van der Waals surface area contributed by atoms with Gasteiger partial charge in [0.2, 0.25) is 0 Å². The van der Waals surface area contributed by atoms with E-state index in [-0.39, 0.29) is 18.2 Å². The summed E-state index contributed by atoms with van der Waals surface area (Å²) in [5, 5.41) is 15.1. The number of alkyl carbamates (subject to hydrolysis) is 1. The lowest BCUT2D eigenvalue weighted by atomic mass is 9.91. The quantitative estimate of drug-likeness (QED) is 0.785. The topological polar surface area (TPSA) is 113 Å². The summed E-state index contributed by atoms with van der Waals surface area (Å²) in [6.45, 7) is 5.53. The number of nitrogens with two attached hydrogens (primary N) is 1. The Bertz CT molecular complexity index is 633. The summed E-state index contributed by atoms with van der Waals surface area (Å²) in [4.78, 5) is 16.1. The van der Waals surface area contributed by atoms with Crippen LogP contribution in [0.5, 0.6) is 0 Å². The van der Waals surface area contributed by atoms with Crippen molar-refractivity contribution in [1.29, 1.82) is 5.26 Å². The van der Waals surface area contributed by atoms with Gasteiger partial charge in [-0.25, -0.2) is 9.78 Å². The molecule has 7 nitrogen and oxygen atoms in total. The van der Waals surface area contributed by atoms with E-state index >= 15 is 0 Å². The minimum absolute atomic E-state index is 0.0608. The third-order valence-electron chi connectivity index (χ3n) is 3.78. The zero-order valence-electron chi connectivity index (χ0n) is 14.4. The van der Waals surface area contributed by atoms with Gasteiger partial charge in [-0.3, -0.25) is 0 Å². The molecule has 7 heteroatoms. The molecule has 0 saturated heterocycles. The maximum atomic E-state index is 11.9. The summed E-state index contributed by atoms with van der Waals surface area (Å²) in [5.74, 6) is 0.580. The van der Waals surface area contributed by atoms with Crippen LogP contribution < -0.4 is 16.4 Å². The van der Waals surface area contributed by atoms with E-state index in [1.54, 1.807) is 6.07 Å². The molecule has 2 atom stereocenters. The first-order chi connectivity index (χ1) is 11.3. The molecule has 0 unspecified atom stereocenters. The number of nitrogens with one attached hydrogen (secondary N) is 2. The molecule has 0 aliphatic heterocycles. The third-order valence-corrected chi connectivity index (χ3v) is 3.78.